The molecule has 8 unspecified atom stereocenters. The molecule has 3 nitrogen and oxygen atoms in total. The number of allylic oxidation sites excluding steroid dienone is 4. The molecule has 0 radical (unpaired) electrons. The monoisotopic (exact) mass is 397 g/mol. The van der Waals surface area contributed by atoms with Crippen LogP contribution >= 0.6 is 0 Å². The molecule has 0 spiro atoms. The number of Topliss-reactive ketones (excluding diaryl/α,β-unsaturated/α-hetero) is 1. The van der Waals surface area contributed by atoms with Crippen LogP contribution in [0.1, 0.15) is 78.6 Å². The van der Waals surface area contributed by atoms with Gasteiger partial charge in [-0.3, -0.25) is 4.79 Å². The predicted molar refractivity (Wildman–Crippen MR) is 118 cm³/mol. The van der Waals surface area contributed by atoms with Crippen molar-refractivity contribution in [3.05, 3.63) is 23.8 Å². The molecule has 1 N–H and O–H groups in total. The molecule has 4 rings (SSSR count). The topological polar surface area (TPSA) is 49.7 Å². The molecule has 4 aliphatic rings. The van der Waals surface area contributed by atoms with Crippen molar-refractivity contribution in [3.8, 4) is 0 Å². The van der Waals surface area contributed by atoms with Crippen molar-refractivity contribution in [1.29, 1.82) is 0 Å². The van der Waals surface area contributed by atoms with Gasteiger partial charge in [-0.1, -0.05) is 38.1 Å². The highest BCUT2D eigenvalue weighted by Crippen LogP contribution is 2.59. The van der Waals surface area contributed by atoms with Crippen molar-refractivity contribution in [2.24, 2.45) is 52.5 Å². The van der Waals surface area contributed by atoms with Crippen LogP contribution in [-0.4, -0.2) is 16.7 Å². The van der Waals surface area contributed by atoms with Crippen LogP contribution in [0.2, 0.25) is 0 Å². The summed E-state index contributed by atoms with van der Waals surface area (Å²) >= 11 is 0. The van der Waals surface area contributed by atoms with Crippen LogP contribution in [0.5, 0.6) is 0 Å². The number of ketones is 1. The van der Waals surface area contributed by atoms with E-state index in [1.54, 1.807) is 0 Å². The zero-order valence-corrected chi connectivity index (χ0v) is 18.5. The van der Waals surface area contributed by atoms with Gasteiger partial charge in [-0.15, -0.1) is 0 Å². The molecular formula is C26H39NO2. The lowest BCUT2D eigenvalue weighted by Crippen LogP contribution is -2.41. The Kier molecular flexibility index (Phi) is 6.32. The van der Waals surface area contributed by atoms with E-state index < -0.39 is 0 Å². The lowest BCUT2D eigenvalue weighted by atomic mass is 9.56. The van der Waals surface area contributed by atoms with Crippen molar-refractivity contribution in [1.82, 2.24) is 0 Å². The molecule has 0 heterocycles. The Hall–Kier alpha value is -1.38. The van der Waals surface area contributed by atoms with E-state index in [1.165, 1.54) is 31.3 Å². The number of carbonyl (C=O) groups is 1. The molecule has 0 bridgehead atoms. The van der Waals surface area contributed by atoms with Crippen molar-refractivity contribution in [2.45, 2.75) is 78.6 Å². The average Bonchev–Trinajstić information content (AvgIpc) is 3.47. The minimum absolute atomic E-state index is 0.232. The highest BCUT2D eigenvalue weighted by Gasteiger charge is 2.51. The van der Waals surface area contributed by atoms with Crippen molar-refractivity contribution in [2.75, 3.05) is 0 Å². The zero-order valence-electron chi connectivity index (χ0n) is 18.5. The van der Waals surface area contributed by atoms with Gasteiger partial charge in [0.2, 0.25) is 0 Å². The van der Waals surface area contributed by atoms with Crippen LogP contribution in [0.3, 0.4) is 0 Å². The van der Waals surface area contributed by atoms with E-state index >= 15 is 0 Å². The van der Waals surface area contributed by atoms with Crippen molar-refractivity contribution < 1.29 is 10.0 Å². The Labute approximate surface area is 176 Å². The number of hydrogen-bond donors (Lipinski definition) is 1. The zero-order chi connectivity index (χ0) is 20.5. The van der Waals surface area contributed by atoms with Gasteiger partial charge >= 0.3 is 0 Å². The second-order valence-corrected chi connectivity index (χ2v) is 10.4. The molecule has 0 aromatic heterocycles. The fourth-order valence-electron chi connectivity index (χ4n) is 6.78. The molecule has 0 amide bonds. The highest BCUT2D eigenvalue weighted by molar-refractivity contribution is 5.96. The second-order valence-electron chi connectivity index (χ2n) is 10.4. The maximum Gasteiger partial charge on any atom is 0.135 e. The largest absolute Gasteiger partial charge is 0.411 e. The molecule has 3 heteroatoms. The van der Waals surface area contributed by atoms with Crippen LogP contribution in [0.15, 0.2) is 29.0 Å². The molecule has 4 aliphatic carbocycles. The van der Waals surface area contributed by atoms with E-state index in [0.717, 1.165) is 67.4 Å². The second kappa shape index (κ2) is 8.78. The fraction of sp³-hybridized carbons (Fsp3) is 0.769. The summed E-state index contributed by atoms with van der Waals surface area (Å²) in [5.74, 6) is 6.21. The van der Waals surface area contributed by atoms with Crippen LogP contribution in [0, 0.1) is 47.3 Å². The summed E-state index contributed by atoms with van der Waals surface area (Å²) < 4.78 is 0. The van der Waals surface area contributed by atoms with Crippen molar-refractivity contribution >= 4 is 11.5 Å². The van der Waals surface area contributed by atoms with E-state index in [1.807, 2.05) is 0 Å². The molecule has 0 aromatic rings. The summed E-state index contributed by atoms with van der Waals surface area (Å²) in [6, 6.07) is 0. The smallest absolute Gasteiger partial charge is 0.135 e. The van der Waals surface area contributed by atoms with Crippen LogP contribution in [-0.2, 0) is 4.79 Å². The Morgan fingerprint density at radius 2 is 2.07 bits per heavy atom. The number of carbonyl (C=O) groups excluding carboxylic acids is 1. The average molecular weight is 398 g/mol. The van der Waals surface area contributed by atoms with E-state index in [0.29, 0.717) is 17.6 Å². The lowest BCUT2D eigenvalue weighted by Gasteiger charge is -2.49. The third-order valence-corrected chi connectivity index (χ3v) is 8.81. The van der Waals surface area contributed by atoms with Crippen LogP contribution < -0.4 is 0 Å². The van der Waals surface area contributed by atoms with E-state index in [-0.39, 0.29) is 5.92 Å². The first-order valence-corrected chi connectivity index (χ1v) is 12.2. The Balaban J connectivity index is 1.46. The van der Waals surface area contributed by atoms with Gasteiger partial charge in [-0.2, -0.15) is 0 Å². The van der Waals surface area contributed by atoms with Gasteiger partial charge in [-0.25, -0.2) is 0 Å². The first kappa shape index (κ1) is 20.9. The standard InChI is InChI=1S/C26H39NO2/c1-4-16(2)25(28)7-5-6-18-8-11-22-21-13-10-20(27-29)15-19(21)9-12-23(22)26(18)24-14-17(24)3/h9,12,15-18,21-24,26,29H,4-8,10-11,13-14H2,1-3H3/b27-20+. The van der Waals surface area contributed by atoms with E-state index in [4.69, 9.17) is 5.21 Å². The minimum Gasteiger partial charge on any atom is -0.411 e. The Morgan fingerprint density at radius 1 is 1.28 bits per heavy atom. The first-order valence-electron chi connectivity index (χ1n) is 12.2. The summed E-state index contributed by atoms with van der Waals surface area (Å²) in [4.78, 5) is 12.3. The minimum atomic E-state index is 0.232. The van der Waals surface area contributed by atoms with Gasteiger partial charge in [0.25, 0.3) is 0 Å². The maximum atomic E-state index is 12.3. The van der Waals surface area contributed by atoms with Gasteiger partial charge in [0.15, 0.2) is 0 Å². The lowest BCUT2D eigenvalue weighted by molar-refractivity contribution is -0.122. The SMILES string of the molecule is CCC(C)C(=O)CCCC1CCC2C3CC/C(=N\O)C=C3C=CC2C1C1CC1C. The number of nitrogens with zero attached hydrogens (tertiary/aromatic N) is 1. The molecule has 0 saturated heterocycles. The third kappa shape index (κ3) is 4.25. The molecule has 29 heavy (non-hydrogen) atoms. The fourth-order valence-corrected chi connectivity index (χ4v) is 6.78. The van der Waals surface area contributed by atoms with Gasteiger partial charge in [0.1, 0.15) is 5.78 Å². The molecule has 160 valence electrons. The van der Waals surface area contributed by atoms with Gasteiger partial charge in [-0.05, 0) is 104 Å². The normalized spacial score (nSPS) is 40.7. The molecular weight excluding hydrogens is 358 g/mol. The Morgan fingerprint density at radius 3 is 2.76 bits per heavy atom. The summed E-state index contributed by atoms with van der Waals surface area (Å²) in [5, 5.41) is 12.6. The number of oxime groups is 1. The molecule has 0 aromatic carbocycles. The molecule has 0 aliphatic heterocycles. The highest BCUT2D eigenvalue weighted by atomic mass is 16.4. The maximum absolute atomic E-state index is 12.3. The summed E-state index contributed by atoms with van der Waals surface area (Å²) in [7, 11) is 0. The summed E-state index contributed by atoms with van der Waals surface area (Å²) in [5.41, 5.74) is 2.23. The van der Waals surface area contributed by atoms with Gasteiger partial charge in [0, 0.05) is 12.3 Å². The number of fused-ring (bicyclic) bond motifs is 3. The Bertz CT molecular complexity index is 705. The van der Waals surface area contributed by atoms with Gasteiger partial charge in [0.05, 0.1) is 5.71 Å². The summed E-state index contributed by atoms with van der Waals surface area (Å²) in [6.45, 7) is 6.63. The van der Waals surface area contributed by atoms with E-state index in [9.17, 15) is 4.79 Å². The number of hydrogen-bond acceptors (Lipinski definition) is 3. The third-order valence-electron chi connectivity index (χ3n) is 8.81. The quantitative estimate of drug-likeness (QED) is 0.398. The van der Waals surface area contributed by atoms with Crippen molar-refractivity contribution in [3.63, 3.8) is 0 Å². The molecule has 2 fully saturated rings. The molecule has 2 saturated carbocycles. The van der Waals surface area contributed by atoms with E-state index in [2.05, 4.69) is 44.2 Å². The first-order chi connectivity index (χ1) is 14.0. The van der Waals surface area contributed by atoms with Gasteiger partial charge < -0.3 is 5.21 Å². The van der Waals surface area contributed by atoms with Crippen LogP contribution in [0.4, 0.5) is 0 Å². The summed E-state index contributed by atoms with van der Waals surface area (Å²) in [6.07, 6.45) is 17.2. The van der Waals surface area contributed by atoms with Crippen LogP contribution in [0.25, 0.3) is 0 Å². The number of rotatable bonds is 7. The molecule has 8 atom stereocenters. The predicted octanol–water partition coefficient (Wildman–Crippen LogP) is 6.42.